The third-order valence-electron chi connectivity index (χ3n) is 19.0. The Hall–Kier alpha value is -6.28. The molecule has 0 radical (unpaired) electrons. The van der Waals surface area contributed by atoms with E-state index in [0.29, 0.717) is 61.3 Å². The number of ether oxygens (including phenoxy) is 2. The number of nitrogens with zero attached hydrogens (tertiary/aromatic N) is 6. The molecular weight excluding hydrogens is 1540 g/mol. The molecule has 0 spiro atoms. The number of fused-ring (bicyclic) bond motifs is 2. The van der Waals surface area contributed by atoms with Crippen molar-refractivity contribution >= 4 is 130 Å². The van der Waals surface area contributed by atoms with E-state index in [-0.39, 0.29) is 22.3 Å². The number of hydrogen-bond donors (Lipinski definition) is 0. The molecule has 0 aliphatic heterocycles. The molecule has 0 saturated carbocycles. The molecule has 0 aliphatic carbocycles. The average molecular weight is 1650 g/mol. The largest absolute Gasteiger partial charge is 0.493 e. The molecule has 0 aliphatic rings. The zero-order chi connectivity index (χ0) is 75.7. The second kappa shape index (κ2) is 45.6. The predicted octanol–water partition coefficient (Wildman–Crippen LogP) is 30.7. The molecule has 0 amide bonds. The maximum Gasteiger partial charge on any atom is 0.170 e. The van der Waals surface area contributed by atoms with E-state index in [9.17, 15) is 0 Å². The normalized spacial score (nSPS) is 11.6. The second-order valence-electron chi connectivity index (χ2n) is 27.5. The molecule has 570 valence electrons. The quantitative estimate of drug-likeness (QED) is 0.0280. The first-order valence-electron chi connectivity index (χ1n) is 38.9. The Morgan fingerprint density at radius 3 is 1.11 bits per heavy atom. The Labute approximate surface area is 662 Å². The van der Waals surface area contributed by atoms with Gasteiger partial charge in [-0.05, 0) is 192 Å². The van der Waals surface area contributed by atoms with Crippen molar-refractivity contribution in [3.63, 3.8) is 0 Å². The van der Waals surface area contributed by atoms with E-state index in [1.54, 1.807) is 21.7 Å². The Morgan fingerprint density at radius 1 is 0.387 bits per heavy atom. The molecule has 0 unspecified atom stereocenters. The van der Waals surface area contributed by atoms with Crippen LogP contribution < -0.4 is 9.47 Å². The minimum absolute atomic E-state index is 0.167. The minimum atomic E-state index is -0.890. The number of thiophene rings is 4. The molecule has 0 atom stereocenters. The topological polar surface area (TPSA) is 79.9 Å². The third kappa shape index (κ3) is 24.9. The van der Waals surface area contributed by atoms with Crippen LogP contribution in [0.1, 0.15) is 258 Å². The van der Waals surface area contributed by atoms with Gasteiger partial charge in [0, 0.05) is 40.4 Å². The molecule has 10 rings (SSSR count). The fraction of sp³-hybridized carbons (Fsp3) is 0.455. The SMILES string of the molecule is C/C=C/c1cc(OCCCCCCCCCCCCCC)c(/C=C/c2ccc(-c3c(F)c(F)c(-c4ccc(C)s4)c4nn(CCCC)nc34)s2)cc1C.C=Cc1cc(OCCCCCCCCCCCCCC)c(C=C)cc1C.CCCCn1nc2c(-c3ccc(Br)s3)c(F)c(F)c(-c3ccc(Br)s3)c2n1. The van der Waals surface area contributed by atoms with Crippen LogP contribution in [0, 0.1) is 44.0 Å². The van der Waals surface area contributed by atoms with Crippen LogP contribution in [0.15, 0.2) is 99.6 Å². The molecule has 8 nitrogen and oxygen atoms in total. The van der Waals surface area contributed by atoms with Gasteiger partial charge in [-0.1, -0.05) is 219 Å². The summed E-state index contributed by atoms with van der Waals surface area (Å²) < 4.78 is 76.5. The molecule has 0 saturated heterocycles. The van der Waals surface area contributed by atoms with Gasteiger partial charge in [0.2, 0.25) is 0 Å². The van der Waals surface area contributed by atoms with Crippen molar-refractivity contribution in [2.75, 3.05) is 13.2 Å². The number of unbranched alkanes of at least 4 members (excludes halogenated alkanes) is 24. The summed E-state index contributed by atoms with van der Waals surface area (Å²) >= 11 is 12.3. The molecule has 0 fully saturated rings. The number of rotatable bonds is 43. The lowest BCUT2D eigenvalue weighted by Crippen LogP contribution is -2.01. The Bertz CT molecular complexity index is 4360. The van der Waals surface area contributed by atoms with Gasteiger partial charge in [0.25, 0.3) is 0 Å². The average Bonchev–Trinajstić information content (AvgIpc) is 1.57. The van der Waals surface area contributed by atoms with E-state index >= 15 is 17.6 Å². The third-order valence-corrected chi connectivity index (χ3v) is 24.3. The molecule has 18 heteroatoms. The van der Waals surface area contributed by atoms with E-state index < -0.39 is 23.3 Å². The molecule has 0 bridgehead atoms. The van der Waals surface area contributed by atoms with Gasteiger partial charge in [-0.25, -0.2) is 17.6 Å². The first kappa shape index (κ1) is 85.3. The van der Waals surface area contributed by atoms with Crippen LogP contribution in [0.3, 0.4) is 0 Å². The van der Waals surface area contributed by atoms with Gasteiger partial charge in [0.05, 0.1) is 56.1 Å². The van der Waals surface area contributed by atoms with Crippen LogP contribution in [0.5, 0.6) is 11.5 Å². The summed E-state index contributed by atoms with van der Waals surface area (Å²) in [6, 6.07) is 23.2. The first-order valence-corrected chi connectivity index (χ1v) is 43.7. The van der Waals surface area contributed by atoms with Crippen LogP contribution in [0.4, 0.5) is 17.6 Å². The number of allylic oxidation sites excluding steroid dienone is 1. The summed E-state index contributed by atoms with van der Waals surface area (Å²) in [5, 5.41) is 18.4. The standard InChI is InChI=1S/C45H57F2N3OS2.C25H40O.C18H13Br2F2N3S2/c1-6-9-11-12-13-14-15-16-17-18-19-20-29-51-37-31-34(21-8-3)32(4)30-35(37)23-24-36-25-27-39(53-36)41-43(47)42(46)40(38-26-22-33(5)52-38)44-45(41)49-50(48-44)28-10-7-2;1-5-8-9-10-11-12-13-14-15-16-17-18-19-26-25-21-23(6-2)22(4)20-24(25)7-3;1-2-3-8-25-23-17-13(9-4-6-11(19)26-9)15(21)16(22)14(18(17)24-25)10-5-7-12(20)27-10/h8,21-27,30-31H,6-7,9-20,28-29H2,1-5H3;6-7,20-21H,2-3,5,8-19H2,1,4H3;4-7H,2-3,8H2,1H3/b21-8+,24-23+;;. The fourth-order valence-electron chi connectivity index (χ4n) is 13.0. The van der Waals surface area contributed by atoms with Gasteiger partial charge in [0.1, 0.15) is 33.6 Å². The van der Waals surface area contributed by atoms with E-state index in [1.165, 1.54) is 198 Å². The number of aromatic nitrogens is 6. The number of aryl methyl sites for hydroxylation is 5. The lowest BCUT2D eigenvalue weighted by Gasteiger charge is -2.13. The second-order valence-corrected chi connectivity index (χ2v) is 34.8. The van der Waals surface area contributed by atoms with Crippen LogP contribution in [-0.2, 0) is 13.1 Å². The molecule has 10 aromatic rings. The number of halogens is 6. The van der Waals surface area contributed by atoms with Crippen molar-refractivity contribution in [3.8, 4) is 53.3 Å². The zero-order valence-corrected chi connectivity index (χ0v) is 70.3. The number of hydrogen-bond acceptors (Lipinski definition) is 10. The highest BCUT2D eigenvalue weighted by Gasteiger charge is 2.29. The lowest BCUT2D eigenvalue weighted by molar-refractivity contribution is 0.303. The lowest BCUT2D eigenvalue weighted by atomic mass is 10.0. The fourth-order valence-corrected chi connectivity index (χ4v) is 17.7. The Balaban J connectivity index is 0.000000224. The van der Waals surface area contributed by atoms with Crippen molar-refractivity contribution in [2.24, 2.45) is 0 Å². The van der Waals surface area contributed by atoms with Crippen molar-refractivity contribution in [3.05, 3.63) is 166 Å². The summed E-state index contributed by atoms with van der Waals surface area (Å²) in [4.78, 5) is 7.58. The maximum atomic E-state index is 16.1. The maximum absolute atomic E-state index is 16.1. The highest BCUT2D eigenvalue weighted by atomic mass is 79.9. The van der Waals surface area contributed by atoms with Crippen molar-refractivity contribution in [2.45, 2.75) is 248 Å². The van der Waals surface area contributed by atoms with Crippen molar-refractivity contribution in [1.29, 1.82) is 0 Å². The van der Waals surface area contributed by atoms with E-state index in [1.807, 2.05) is 68.5 Å². The molecule has 106 heavy (non-hydrogen) atoms. The van der Waals surface area contributed by atoms with E-state index in [0.717, 1.165) is 96.2 Å². The van der Waals surface area contributed by atoms with Crippen LogP contribution in [0.2, 0.25) is 0 Å². The predicted molar refractivity (Wildman–Crippen MR) is 457 cm³/mol. The van der Waals surface area contributed by atoms with E-state index in [2.05, 4.69) is 144 Å². The Morgan fingerprint density at radius 2 is 0.736 bits per heavy atom. The highest BCUT2D eigenvalue weighted by Crippen LogP contribution is 2.46. The van der Waals surface area contributed by atoms with Gasteiger partial charge in [-0.2, -0.15) is 30.0 Å². The van der Waals surface area contributed by atoms with Gasteiger partial charge < -0.3 is 9.47 Å². The molecule has 6 aromatic heterocycles. The van der Waals surface area contributed by atoms with E-state index in [4.69, 9.17) is 14.6 Å². The minimum Gasteiger partial charge on any atom is -0.493 e. The highest BCUT2D eigenvalue weighted by molar-refractivity contribution is 9.11. The summed E-state index contributed by atoms with van der Waals surface area (Å²) in [6.45, 7) is 27.4. The van der Waals surface area contributed by atoms with Gasteiger partial charge in [0.15, 0.2) is 23.3 Å². The van der Waals surface area contributed by atoms with Gasteiger partial charge in [-0.3, -0.25) is 0 Å². The molecule has 4 aromatic carbocycles. The molecule has 0 N–H and O–H groups in total. The smallest absolute Gasteiger partial charge is 0.170 e. The monoisotopic (exact) mass is 1640 g/mol. The van der Waals surface area contributed by atoms with Crippen LogP contribution in [0.25, 0.3) is 94.2 Å². The first-order chi connectivity index (χ1) is 51.6. The molecule has 6 heterocycles. The molecular formula is C88H110Br2F4N6O2S4. The summed E-state index contributed by atoms with van der Waals surface area (Å²) in [5.41, 5.74) is 8.99. The van der Waals surface area contributed by atoms with Crippen LogP contribution >= 0.6 is 77.2 Å². The summed E-state index contributed by atoms with van der Waals surface area (Å²) in [7, 11) is 0. The Kier molecular flexibility index (Phi) is 36.7. The van der Waals surface area contributed by atoms with Gasteiger partial charge >= 0.3 is 0 Å². The van der Waals surface area contributed by atoms with Crippen molar-refractivity contribution < 1.29 is 27.0 Å². The summed E-state index contributed by atoms with van der Waals surface area (Å²) in [5.74, 6) is -1.75. The summed E-state index contributed by atoms with van der Waals surface area (Å²) in [6.07, 6.45) is 47.8. The van der Waals surface area contributed by atoms with Crippen LogP contribution in [-0.4, -0.2) is 43.2 Å². The zero-order valence-electron chi connectivity index (χ0n) is 63.8. The van der Waals surface area contributed by atoms with Gasteiger partial charge in [-0.15, -0.1) is 45.3 Å². The van der Waals surface area contributed by atoms with Crippen molar-refractivity contribution in [1.82, 2.24) is 30.0 Å². The number of benzene rings is 4.